The lowest BCUT2D eigenvalue weighted by molar-refractivity contribution is -0.0685. The van der Waals surface area contributed by atoms with E-state index >= 15 is 0 Å². The van der Waals surface area contributed by atoms with Crippen LogP contribution >= 0.6 is 0 Å². The number of ether oxygens (including phenoxy) is 1. The Morgan fingerprint density at radius 1 is 1.16 bits per heavy atom. The number of hydrogen-bond donors (Lipinski definition) is 0. The molecule has 0 spiro atoms. The number of aromatic nitrogens is 2. The summed E-state index contributed by atoms with van der Waals surface area (Å²) in [6.45, 7) is 8.21. The van der Waals surface area contributed by atoms with Crippen LogP contribution < -0.4 is 4.90 Å². The van der Waals surface area contributed by atoms with E-state index in [1.54, 1.807) is 0 Å². The quantitative estimate of drug-likeness (QED) is 0.841. The molecule has 2 aliphatic rings. The van der Waals surface area contributed by atoms with Crippen molar-refractivity contribution < 1.29 is 9.26 Å². The minimum absolute atomic E-state index is 0.0591. The van der Waals surface area contributed by atoms with Gasteiger partial charge in [0.15, 0.2) is 5.82 Å². The lowest BCUT2D eigenvalue weighted by Gasteiger charge is -2.34. The summed E-state index contributed by atoms with van der Waals surface area (Å²) in [5.41, 5.74) is -0.0591. The summed E-state index contributed by atoms with van der Waals surface area (Å²) < 4.78 is 11.4. The molecule has 0 aromatic carbocycles. The van der Waals surface area contributed by atoms with Crippen LogP contribution in [0.3, 0.4) is 0 Å². The predicted octanol–water partition coefficient (Wildman–Crippen LogP) is 2.73. The molecular formula is C14H23N3O2. The van der Waals surface area contributed by atoms with Crippen LogP contribution in [0.4, 0.5) is 6.01 Å². The van der Waals surface area contributed by atoms with Crippen LogP contribution in [-0.4, -0.2) is 34.9 Å². The molecule has 19 heavy (non-hydrogen) atoms. The molecule has 0 N–H and O–H groups in total. The molecule has 1 saturated heterocycles. The van der Waals surface area contributed by atoms with Gasteiger partial charge in [-0.1, -0.05) is 5.16 Å². The fourth-order valence-corrected chi connectivity index (χ4v) is 2.53. The normalized spacial score (nSPS) is 21.9. The van der Waals surface area contributed by atoms with Gasteiger partial charge in [0, 0.05) is 19.0 Å². The van der Waals surface area contributed by atoms with Gasteiger partial charge in [-0.2, -0.15) is 4.98 Å². The third kappa shape index (κ3) is 3.26. The zero-order chi connectivity index (χ0) is 13.5. The number of piperidine rings is 1. The minimum atomic E-state index is -0.0591. The molecule has 0 atom stereocenters. The smallest absolute Gasteiger partial charge is 0.324 e. The first kappa shape index (κ1) is 12.9. The Morgan fingerprint density at radius 2 is 1.84 bits per heavy atom. The van der Waals surface area contributed by atoms with Gasteiger partial charge in [0.25, 0.3) is 0 Å². The topological polar surface area (TPSA) is 51.4 Å². The summed E-state index contributed by atoms with van der Waals surface area (Å²) >= 11 is 0. The largest absolute Gasteiger partial charge is 0.372 e. The monoisotopic (exact) mass is 265 g/mol. The van der Waals surface area contributed by atoms with Crippen molar-refractivity contribution in [1.29, 1.82) is 0 Å². The van der Waals surface area contributed by atoms with Crippen molar-refractivity contribution in [2.75, 3.05) is 18.0 Å². The van der Waals surface area contributed by atoms with Gasteiger partial charge in [-0.05, 0) is 46.5 Å². The molecule has 0 unspecified atom stereocenters. The molecule has 106 valence electrons. The molecule has 0 radical (unpaired) electrons. The summed E-state index contributed by atoms with van der Waals surface area (Å²) in [6.07, 6.45) is 4.82. The zero-order valence-corrected chi connectivity index (χ0v) is 12.1. The molecule has 5 heteroatoms. The van der Waals surface area contributed by atoms with E-state index < -0.39 is 0 Å². The molecule has 1 aliphatic carbocycles. The van der Waals surface area contributed by atoms with E-state index in [9.17, 15) is 0 Å². The Hall–Kier alpha value is -1.10. The van der Waals surface area contributed by atoms with Gasteiger partial charge in [-0.3, -0.25) is 0 Å². The Labute approximate surface area is 114 Å². The second kappa shape index (κ2) is 4.78. The van der Waals surface area contributed by atoms with Crippen molar-refractivity contribution in [3.63, 3.8) is 0 Å². The maximum absolute atomic E-state index is 6.02. The number of hydrogen-bond acceptors (Lipinski definition) is 5. The van der Waals surface area contributed by atoms with Gasteiger partial charge in [-0.25, -0.2) is 0 Å². The first-order valence-electron chi connectivity index (χ1n) is 7.28. The molecule has 1 aromatic rings. The maximum atomic E-state index is 6.02. The maximum Gasteiger partial charge on any atom is 0.324 e. The summed E-state index contributed by atoms with van der Waals surface area (Å²) in [4.78, 5) is 6.68. The van der Waals surface area contributed by atoms with Crippen molar-refractivity contribution in [3.05, 3.63) is 5.82 Å². The standard InChI is InChI=1S/C14H23N3O2/c1-14(2,3)18-11-6-8-17(9-7-11)13-15-12(16-19-13)10-4-5-10/h10-11H,4-9H2,1-3H3. The minimum Gasteiger partial charge on any atom is -0.372 e. The molecule has 0 bridgehead atoms. The van der Waals surface area contributed by atoms with E-state index in [2.05, 4.69) is 35.8 Å². The third-order valence-electron chi connectivity index (χ3n) is 3.61. The Balaban J connectivity index is 1.54. The summed E-state index contributed by atoms with van der Waals surface area (Å²) in [6, 6.07) is 0.691. The highest BCUT2D eigenvalue weighted by atomic mass is 16.5. The average molecular weight is 265 g/mol. The Kier molecular flexibility index (Phi) is 3.25. The Morgan fingerprint density at radius 3 is 2.42 bits per heavy atom. The highest BCUT2D eigenvalue weighted by molar-refractivity contribution is 5.27. The predicted molar refractivity (Wildman–Crippen MR) is 72.3 cm³/mol. The highest BCUT2D eigenvalue weighted by Gasteiger charge is 2.31. The number of nitrogens with zero attached hydrogens (tertiary/aromatic N) is 3. The van der Waals surface area contributed by atoms with E-state index in [4.69, 9.17) is 9.26 Å². The lowest BCUT2D eigenvalue weighted by Crippen LogP contribution is -2.40. The van der Waals surface area contributed by atoms with Crippen molar-refractivity contribution in [2.24, 2.45) is 0 Å². The van der Waals surface area contributed by atoms with E-state index in [0.29, 0.717) is 18.0 Å². The third-order valence-corrected chi connectivity index (χ3v) is 3.61. The van der Waals surface area contributed by atoms with Crippen molar-refractivity contribution >= 4 is 6.01 Å². The van der Waals surface area contributed by atoms with Gasteiger partial charge in [-0.15, -0.1) is 0 Å². The number of rotatable bonds is 3. The van der Waals surface area contributed by atoms with Crippen LogP contribution in [0.5, 0.6) is 0 Å². The van der Waals surface area contributed by atoms with Crippen LogP contribution in [0.25, 0.3) is 0 Å². The van der Waals surface area contributed by atoms with Gasteiger partial charge >= 0.3 is 6.01 Å². The zero-order valence-electron chi connectivity index (χ0n) is 12.1. The molecule has 1 saturated carbocycles. The Bertz CT molecular complexity index is 426. The molecule has 2 heterocycles. The van der Waals surface area contributed by atoms with Crippen LogP contribution in [0.1, 0.15) is 58.2 Å². The summed E-state index contributed by atoms with van der Waals surface area (Å²) in [7, 11) is 0. The van der Waals surface area contributed by atoms with Crippen LogP contribution in [0.15, 0.2) is 4.52 Å². The molecule has 5 nitrogen and oxygen atoms in total. The SMILES string of the molecule is CC(C)(C)OC1CCN(c2nc(C3CC3)no2)CC1. The van der Waals surface area contributed by atoms with Crippen molar-refractivity contribution in [1.82, 2.24) is 10.1 Å². The molecular weight excluding hydrogens is 242 g/mol. The van der Waals surface area contributed by atoms with Crippen molar-refractivity contribution in [2.45, 2.75) is 64.1 Å². The fraction of sp³-hybridized carbons (Fsp3) is 0.857. The molecule has 3 rings (SSSR count). The molecule has 0 amide bonds. The highest BCUT2D eigenvalue weighted by Crippen LogP contribution is 2.39. The van der Waals surface area contributed by atoms with Crippen LogP contribution in [-0.2, 0) is 4.74 Å². The molecule has 1 aromatic heterocycles. The lowest BCUT2D eigenvalue weighted by atomic mass is 10.1. The van der Waals surface area contributed by atoms with Gasteiger partial charge in [0.1, 0.15) is 0 Å². The summed E-state index contributed by atoms with van der Waals surface area (Å²) in [5.74, 6) is 1.45. The first-order valence-corrected chi connectivity index (χ1v) is 7.28. The van der Waals surface area contributed by atoms with Gasteiger partial charge in [0.05, 0.1) is 11.7 Å². The molecule has 1 aliphatic heterocycles. The molecule has 2 fully saturated rings. The average Bonchev–Trinajstić information content (AvgIpc) is 3.07. The van der Waals surface area contributed by atoms with E-state index in [0.717, 1.165) is 31.8 Å². The number of anilines is 1. The van der Waals surface area contributed by atoms with Gasteiger partial charge in [0.2, 0.25) is 0 Å². The summed E-state index contributed by atoms with van der Waals surface area (Å²) in [5, 5.41) is 4.07. The van der Waals surface area contributed by atoms with E-state index in [1.807, 2.05) is 0 Å². The first-order chi connectivity index (χ1) is 9.01. The van der Waals surface area contributed by atoms with Crippen LogP contribution in [0.2, 0.25) is 0 Å². The van der Waals surface area contributed by atoms with Crippen molar-refractivity contribution in [3.8, 4) is 0 Å². The van der Waals surface area contributed by atoms with Crippen LogP contribution in [0, 0.1) is 0 Å². The van der Waals surface area contributed by atoms with E-state index in [1.165, 1.54) is 12.8 Å². The fourth-order valence-electron chi connectivity index (χ4n) is 2.53. The van der Waals surface area contributed by atoms with E-state index in [-0.39, 0.29) is 5.60 Å². The second-order valence-electron chi connectivity index (χ2n) is 6.63. The van der Waals surface area contributed by atoms with Gasteiger partial charge < -0.3 is 14.2 Å². The second-order valence-corrected chi connectivity index (χ2v) is 6.63.